The Morgan fingerprint density at radius 1 is 0.931 bits per heavy atom. The molecular formula is C45H50FN7O5. The standard InChI is InChI=1S/C45H50FN7O5/c1-25(2)43(56)52-18-8-9-29(24-52)31-22-32(33-23-34(44(57)49(4)5)47-40(33)39(31)46)30-13-12-28(21-26(30)3)27-16-19-51(20-17-27)35-10-7-11-36-41(35)50(6)45(58)53(36)37-14-15-38(54)48-42(37)55/h7,9-13,21-23,25,27,37,47H,8,14-20,24H2,1-6H3,(H,48,54,55)/t37-/m0/s1. The number of benzene rings is 3. The maximum absolute atomic E-state index is 16.6. The monoisotopic (exact) mass is 787 g/mol. The van der Waals surface area contributed by atoms with Crippen LogP contribution < -0.4 is 15.9 Å². The van der Waals surface area contributed by atoms with Gasteiger partial charge in [0.15, 0.2) is 5.82 Å². The highest BCUT2D eigenvalue weighted by Gasteiger charge is 2.33. The van der Waals surface area contributed by atoms with Crippen LogP contribution >= 0.6 is 0 Å². The minimum atomic E-state index is -0.742. The summed E-state index contributed by atoms with van der Waals surface area (Å²) >= 11 is 0. The Hall–Kier alpha value is -5.98. The minimum absolute atomic E-state index is 0.0369. The second-order valence-electron chi connectivity index (χ2n) is 16.5. The number of piperidine rings is 2. The lowest BCUT2D eigenvalue weighted by atomic mass is 9.85. The van der Waals surface area contributed by atoms with Gasteiger partial charge >= 0.3 is 5.69 Å². The van der Waals surface area contributed by atoms with Gasteiger partial charge in [-0.1, -0.05) is 44.2 Å². The first-order chi connectivity index (χ1) is 27.7. The molecule has 2 saturated heterocycles. The average molecular weight is 788 g/mol. The van der Waals surface area contributed by atoms with Gasteiger partial charge in [-0.3, -0.25) is 33.6 Å². The summed E-state index contributed by atoms with van der Waals surface area (Å²) in [5.74, 6) is -1.30. The van der Waals surface area contributed by atoms with E-state index in [-0.39, 0.29) is 53.6 Å². The Labute approximate surface area is 336 Å². The second kappa shape index (κ2) is 15.1. The molecule has 13 heteroatoms. The quantitative estimate of drug-likeness (QED) is 0.187. The van der Waals surface area contributed by atoms with Crippen LogP contribution in [0.25, 0.3) is 38.6 Å². The highest BCUT2D eigenvalue weighted by atomic mass is 19.1. The average Bonchev–Trinajstić information content (AvgIpc) is 3.77. The third-order valence-electron chi connectivity index (χ3n) is 12.2. The molecule has 5 heterocycles. The first-order valence-corrected chi connectivity index (χ1v) is 20.2. The van der Waals surface area contributed by atoms with Crippen LogP contribution in [-0.4, -0.2) is 87.8 Å². The number of aryl methyl sites for hydroxylation is 2. The zero-order valence-electron chi connectivity index (χ0n) is 33.9. The van der Waals surface area contributed by atoms with E-state index in [2.05, 4.69) is 40.3 Å². The molecule has 4 amide bonds. The molecule has 2 aromatic heterocycles. The largest absolute Gasteiger partial charge is 0.370 e. The fraction of sp³-hybridized carbons (Fsp3) is 0.400. The molecule has 2 N–H and O–H groups in total. The minimum Gasteiger partial charge on any atom is -0.370 e. The summed E-state index contributed by atoms with van der Waals surface area (Å²) in [4.78, 5) is 72.9. The topological polar surface area (TPSA) is 133 Å². The Kier molecular flexibility index (Phi) is 10.1. The Balaban J connectivity index is 1.08. The van der Waals surface area contributed by atoms with Crippen molar-refractivity contribution in [2.45, 2.75) is 64.8 Å². The Morgan fingerprint density at radius 3 is 2.38 bits per heavy atom. The van der Waals surface area contributed by atoms with Crippen LogP contribution in [0.4, 0.5) is 10.1 Å². The maximum atomic E-state index is 16.6. The molecule has 0 bridgehead atoms. The summed E-state index contributed by atoms with van der Waals surface area (Å²) in [7, 11) is 5.06. The van der Waals surface area contributed by atoms with Gasteiger partial charge in [0.05, 0.1) is 22.2 Å². The van der Waals surface area contributed by atoms with Crippen LogP contribution in [0.2, 0.25) is 0 Å². The number of amides is 4. The smallest absolute Gasteiger partial charge is 0.329 e. The molecule has 3 aromatic carbocycles. The van der Waals surface area contributed by atoms with E-state index < -0.39 is 17.8 Å². The van der Waals surface area contributed by atoms with Gasteiger partial charge in [-0.15, -0.1) is 0 Å². The van der Waals surface area contributed by atoms with Crippen LogP contribution in [-0.2, 0) is 21.4 Å². The predicted molar refractivity (Wildman–Crippen MR) is 223 cm³/mol. The van der Waals surface area contributed by atoms with Gasteiger partial charge in [-0.05, 0) is 90.6 Å². The van der Waals surface area contributed by atoms with Crippen molar-refractivity contribution in [3.63, 3.8) is 0 Å². The van der Waals surface area contributed by atoms with Gasteiger partial charge in [-0.25, -0.2) is 9.18 Å². The molecule has 3 aliphatic heterocycles. The lowest BCUT2D eigenvalue weighted by Gasteiger charge is -2.34. The van der Waals surface area contributed by atoms with Crippen molar-refractivity contribution in [2.75, 3.05) is 45.2 Å². The van der Waals surface area contributed by atoms with Gasteiger partial charge in [-0.2, -0.15) is 0 Å². The molecule has 1 atom stereocenters. The number of hydrogen-bond acceptors (Lipinski definition) is 6. The summed E-state index contributed by atoms with van der Waals surface area (Å²) in [5, 5.41) is 3.01. The maximum Gasteiger partial charge on any atom is 0.329 e. The van der Waals surface area contributed by atoms with Crippen LogP contribution in [0.1, 0.15) is 85.1 Å². The highest BCUT2D eigenvalue weighted by molar-refractivity contribution is 6.05. The van der Waals surface area contributed by atoms with E-state index in [9.17, 15) is 24.0 Å². The number of rotatable bonds is 7. The summed E-state index contributed by atoms with van der Waals surface area (Å²) in [6, 6.07) is 15.2. The van der Waals surface area contributed by atoms with Crippen molar-refractivity contribution in [3.8, 4) is 11.1 Å². The number of halogens is 1. The van der Waals surface area contributed by atoms with Gasteiger partial charge in [0.25, 0.3) is 5.91 Å². The molecule has 58 heavy (non-hydrogen) atoms. The number of carbonyl (C=O) groups is 4. The zero-order valence-corrected chi connectivity index (χ0v) is 33.9. The van der Waals surface area contributed by atoms with Gasteiger partial charge in [0, 0.05) is 70.6 Å². The second-order valence-corrected chi connectivity index (χ2v) is 16.5. The molecule has 5 aromatic rings. The molecule has 0 unspecified atom stereocenters. The van der Waals surface area contributed by atoms with Gasteiger partial charge < -0.3 is 19.7 Å². The first-order valence-electron chi connectivity index (χ1n) is 20.2. The number of aromatic amines is 1. The number of aromatic nitrogens is 3. The van der Waals surface area contributed by atoms with Crippen LogP contribution in [0.5, 0.6) is 0 Å². The number of fused-ring (bicyclic) bond motifs is 2. The van der Waals surface area contributed by atoms with E-state index in [4.69, 9.17) is 0 Å². The molecule has 2 fully saturated rings. The van der Waals surface area contributed by atoms with E-state index in [1.807, 2.05) is 44.2 Å². The van der Waals surface area contributed by atoms with Crippen molar-refractivity contribution in [3.05, 3.63) is 93.3 Å². The van der Waals surface area contributed by atoms with Crippen molar-refractivity contribution in [1.29, 1.82) is 0 Å². The SMILES string of the molecule is Cc1cc(C2CCN(c3cccc4c3n(C)c(=O)n4[C@H]3CCC(=O)NC3=O)CC2)ccc1-c1cc(C2=CCCN(C(=O)C(C)C)C2)c(F)c2[nH]c(C(=O)N(C)C)cc12. The predicted octanol–water partition coefficient (Wildman–Crippen LogP) is 6.27. The fourth-order valence-electron chi connectivity index (χ4n) is 9.16. The number of H-pyrrole nitrogens is 1. The Bertz CT molecular complexity index is 2600. The number of anilines is 1. The lowest BCUT2D eigenvalue weighted by Crippen LogP contribution is -2.44. The van der Waals surface area contributed by atoms with Crippen molar-refractivity contribution in [1.82, 2.24) is 29.2 Å². The molecular weight excluding hydrogens is 738 g/mol. The molecule has 0 saturated carbocycles. The molecule has 302 valence electrons. The number of nitrogens with zero attached hydrogens (tertiary/aromatic N) is 5. The number of hydrogen-bond donors (Lipinski definition) is 2. The number of para-hydroxylation sites is 1. The summed E-state index contributed by atoms with van der Waals surface area (Å²) in [5.41, 5.74) is 7.83. The normalized spacial score (nSPS) is 18.0. The van der Waals surface area contributed by atoms with Gasteiger partial charge in [0.2, 0.25) is 17.7 Å². The molecule has 12 nitrogen and oxygen atoms in total. The Morgan fingerprint density at radius 2 is 1.69 bits per heavy atom. The summed E-state index contributed by atoms with van der Waals surface area (Å²) in [6.07, 6.45) is 4.88. The summed E-state index contributed by atoms with van der Waals surface area (Å²) < 4.78 is 19.7. The number of carbonyl (C=O) groups excluding carboxylic acids is 4. The van der Waals surface area contributed by atoms with Crippen molar-refractivity contribution in [2.24, 2.45) is 13.0 Å². The number of imide groups is 1. The molecule has 0 spiro atoms. The van der Waals surface area contributed by atoms with E-state index in [1.165, 1.54) is 15.0 Å². The van der Waals surface area contributed by atoms with E-state index in [1.54, 1.807) is 36.7 Å². The van der Waals surface area contributed by atoms with Gasteiger partial charge in [0.1, 0.15) is 11.7 Å². The van der Waals surface area contributed by atoms with Crippen LogP contribution in [0.15, 0.2) is 59.4 Å². The first kappa shape index (κ1) is 38.9. The van der Waals surface area contributed by atoms with E-state index in [0.717, 1.165) is 59.4 Å². The molecule has 8 rings (SSSR count). The number of nitrogens with one attached hydrogen (secondary N) is 2. The van der Waals surface area contributed by atoms with E-state index in [0.29, 0.717) is 41.7 Å². The van der Waals surface area contributed by atoms with Crippen molar-refractivity contribution >= 4 is 56.8 Å². The van der Waals surface area contributed by atoms with Crippen LogP contribution in [0, 0.1) is 18.7 Å². The molecule has 3 aliphatic rings. The number of imidazole rings is 1. The lowest BCUT2D eigenvalue weighted by molar-refractivity contribution is -0.136. The van der Waals surface area contributed by atoms with Crippen LogP contribution in [0.3, 0.4) is 0 Å². The zero-order chi connectivity index (χ0) is 41.2. The third-order valence-corrected chi connectivity index (χ3v) is 12.2. The molecule has 0 radical (unpaired) electrons. The third kappa shape index (κ3) is 6.69. The molecule has 0 aliphatic carbocycles. The highest BCUT2D eigenvalue weighted by Crippen LogP contribution is 2.40. The van der Waals surface area contributed by atoms with E-state index >= 15 is 4.39 Å². The van der Waals surface area contributed by atoms with Crippen molar-refractivity contribution < 1.29 is 23.6 Å². The fourth-order valence-corrected chi connectivity index (χ4v) is 9.16. The summed E-state index contributed by atoms with van der Waals surface area (Å²) in [6.45, 7) is 8.26.